The lowest BCUT2D eigenvalue weighted by Gasteiger charge is -2.36. The van der Waals surface area contributed by atoms with E-state index in [0.717, 1.165) is 5.69 Å². The molecule has 0 saturated carbocycles. The lowest BCUT2D eigenvalue weighted by molar-refractivity contribution is -0.116. The monoisotopic (exact) mass is 546 g/mol. The summed E-state index contributed by atoms with van der Waals surface area (Å²) in [6.45, 7) is 9.86. The molecule has 2 aromatic rings. The first-order chi connectivity index (χ1) is 18.0. The van der Waals surface area contributed by atoms with Crippen molar-refractivity contribution in [1.29, 1.82) is 0 Å². The molecule has 38 heavy (non-hydrogen) atoms. The van der Waals surface area contributed by atoms with Crippen molar-refractivity contribution >= 4 is 40.9 Å². The van der Waals surface area contributed by atoms with E-state index in [9.17, 15) is 18.8 Å². The maximum Gasteiger partial charge on any atom is 0.318 e. The zero-order valence-corrected chi connectivity index (χ0v) is 23.0. The Bertz CT molecular complexity index is 1120. The van der Waals surface area contributed by atoms with Crippen molar-refractivity contribution in [3.8, 4) is 0 Å². The van der Waals surface area contributed by atoms with Gasteiger partial charge in [-0.15, -0.1) is 0 Å². The van der Waals surface area contributed by atoms with Gasteiger partial charge in [0.15, 0.2) is 0 Å². The highest BCUT2D eigenvalue weighted by Crippen LogP contribution is 2.28. The first-order valence-corrected chi connectivity index (χ1v) is 13.1. The van der Waals surface area contributed by atoms with Crippen LogP contribution in [0.3, 0.4) is 0 Å². The van der Waals surface area contributed by atoms with Gasteiger partial charge >= 0.3 is 12.1 Å². The van der Waals surface area contributed by atoms with Crippen LogP contribution in [0.4, 0.5) is 25.4 Å². The number of anilines is 2. The lowest BCUT2D eigenvalue weighted by atomic mass is 10.2. The molecular formula is C27H36ClFN6O3. The van der Waals surface area contributed by atoms with Crippen LogP contribution in [0.15, 0.2) is 42.5 Å². The summed E-state index contributed by atoms with van der Waals surface area (Å²) in [5, 5.41) is 8.90. The van der Waals surface area contributed by atoms with Crippen LogP contribution in [-0.4, -0.2) is 72.6 Å². The molecule has 5 amide bonds. The molecule has 206 valence electrons. The summed E-state index contributed by atoms with van der Waals surface area (Å²) >= 11 is 6.38. The average Bonchev–Trinajstić information content (AvgIpc) is 2.85. The van der Waals surface area contributed by atoms with Crippen LogP contribution in [0.1, 0.15) is 33.3 Å². The number of nitrogens with zero attached hydrogens (tertiary/aromatic N) is 3. The smallest absolute Gasteiger partial charge is 0.318 e. The summed E-state index contributed by atoms with van der Waals surface area (Å²) in [5.41, 5.74) is 1.99. The van der Waals surface area contributed by atoms with Gasteiger partial charge in [-0.05, 0) is 63.6 Å². The number of hydrogen-bond donors (Lipinski definition) is 3. The third-order valence-electron chi connectivity index (χ3n) is 5.89. The number of amides is 5. The Hall–Kier alpha value is -3.53. The molecule has 3 rings (SSSR count). The van der Waals surface area contributed by atoms with Gasteiger partial charge in [-0.25, -0.2) is 14.0 Å². The number of carbonyl (C=O) groups excluding carboxylic acids is 3. The predicted molar refractivity (Wildman–Crippen MR) is 148 cm³/mol. The highest BCUT2D eigenvalue weighted by Gasteiger charge is 2.23. The number of benzene rings is 2. The molecule has 0 aliphatic carbocycles. The SMILES string of the molecule is CC(C)NC(=O)N1CCN(c2ccc(Cl)c(NC(=O)CN(Cc3ccc(F)cc3)C(=O)NC(C)C)c2)CC1. The van der Waals surface area contributed by atoms with E-state index in [4.69, 9.17) is 11.6 Å². The van der Waals surface area contributed by atoms with Crippen LogP contribution in [0.5, 0.6) is 0 Å². The predicted octanol–water partition coefficient (Wildman–Crippen LogP) is 4.28. The highest BCUT2D eigenvalue weighted by atomic mass is 35.5. The number of piperazine rings is 1. The Morgan fingerprint density at radius 3 is 2.18 bits per heavy atom. The quantitative estimate of drug-likeness (QED) is 0.460. The van der Waals surface area contributed by atoms with Crippen LogP contribution in [-0.2, 0) is 11.3 Å². The molecular weight excluding hydrogens is 511 g/mol. The Morgan fingerprint density at radius 2 is 1.58 bits per heavy atom. The molecule has 0 unspecified atom stereocenters. The van der Waals surface area contributed by atoms with Crippen molar-refractivity contribution in [3.05, 3.63) is 58.9 Å². The molecule has 1 aliphatic rings. The molecule has 0 spiro atoms. The molecule has 0 aromatic heterocycles. The summed E-state index contributed by atoms with van der Waals surface area (Å²) < 4.78 is 13.3. The fourth-order valence-corrected chi connectivity index (χ4v) is 4.19. The fraction of sp³-hybridized carbons (Fsp3) is 0.444. The Labute approximate surface area is 228 Å². The van der Waals surface area contributed by atoms with Gasteiger partial charge in [0.25, 0.3) is 0 Å². The van der Waals surface area contributed by atoms with Gasteiger partial charge in [0.2, 0.25) is 5.91 Å². The summed E-state index contributed by atoms with van der Waals surface area (Å²) in [7, 11) is 0. The molecule has 3 N–H and O–H groups in total. The summed E-state index contributed by atoms with van der Waals surface area (Å²) in [6.07, 6.45) is 0. The van der Waals surface area contributed by atoms with E-state index in [1.54, 1.807) is 29.2 Å². The van der Waals surface area contributed by atoms with Gasteiger partial charge < -0.3 is 30.7 Å². The number of halogens is 2. The van der Waals surface area contributed by atoms with Crippen molar-refractivity contribution < 1.29 is 18.8 Å². The van der Waals surface area contributed by atoms with Crippen LogP contribution in [0.25, 0.3) is 0 Å². The summed E-state index contributed by atoms with van der Waals surface area (Å²) in [5.74, 6) is -0.792. The van der Waals surface area contributed by atoms with Crippen LogP contribution in [0.2, 0.25) is 5.02 Å². The third kappa shape index (κ3) is 8.51. The van der Waals surface area contributed by atoms with Gasteiger partial charge in [0.1, 0.15) is 12.4 Å². The Balaban J connectivity index is 1.65. The lowest BCUT2D eigenvalue weighted by Crippen LogP contribution is -2.52. The van der Waals surface area contributed by atoms with E-state index < -0.39 is 11.9 Å². The van der Waals surface area contributed by atoms with E-state index in [0.29, 0.717) is 42.5 Å². The van der Waals surface area contributed by atoms with Crippen LogP contribution >= 0.6 is 11.6 Å². The fourth-order valence-electron chi connectivity index (χ4n) is 4.02. The first kappa shape index (κ1) is 29.0. The summed E-state index contributed by atoms with van der Waals surface area (Å²) in [4.78, 5) is 43.3. The number of rotatable bonds is 8. The molecule has 0 bridgehead atoms. The van der Waals surface area contributed by atoms with Gasteiger partial charge in [-0.3, -0.25) is 4.79 Å². The van der Waals surface area contributed by atoms with E-state index in [1.807, 2.05) is 33.8 Å². The molecule has 1 aliphatic heterocycles. The van der Waals surface area contributed by atoms with Gasteiger partial charge in [-0.1, -0.05) is 23.7 Å². The zero-order chi connectivity index (χ0) is 27.8. The Morgan fingerprint density at radius 1 is 0.947 bits per heavy atom. The maximum atomic E-state index is 13.3. The minimum absolute atomic E-state index is 0.0737. The molecule has 0 atom stereocenters. The minimum Gasteiger partial charge on any atom is -0.368 e. The molecule has 11 heteroatoms. The summed E-state index contributed by atoms with van der Waals surface area (Å²) in [6, 6.07) is 10.6. The van der Waals surface area contributed by atoms with E-state index in [1.165, 1.54) is 17.0 Å². The first-order valence-electron chi connectivity index (χ1n) is 12.7. The van der Waals surface area contributed by atoms with Crippen LogP contribution < -0.4 is 20.9 Å². The zero-order valence-electron chi connectivity index (χ0n) is 22.3. The molecule has 1 saturated heterocycles. The second-order valence-corrected chi connectivity index (χ2v) is 10.3. The normalized spacial score (nSPS) is 13.5. The minimum atomic E-state index is -0.416. The second kappa shape index (κ2) is 13.3. The van der Waals surface area contributed by atoms with Crippen molar-refractivity contribution in [2.75, 3.05) is 42.9 Å². The van der Waals surface area contributed by atoms with E-state index in [-0.39, 0.29) is 37.0 Å². The topological polar surface area (TPSA) is 97.0 Å². The van der Waals surface area contributed by atoms with E-state index in [2.05, 4.69) is 20.9 Å². The Kier molecular flexibility index (Phi) is 10.2. The van der Waals surface area contributed by atoms with Crippen molar-refractivity contribution in [3.63, 3.8) is 0 Å². The van der Waals surface area contributed by atoms with Gasteiger partial charge in [0.05, 0.1) is 10.7 Å². The molecule has 9 nitrogen and oxygen atoms in total. The van der Waals surface area contributed by atoms with Crippen molar-refractivity contribution in [1.82, 2.24) is 20.4 Å². The number of carbonyl (C=O) groups is 3. The largest absolute Gasteiger partial charge is 0.368 e. The van der Waals surface area contributed by atoms with Crippen LogP contribution in [0, 0.1) is 5.82 Å². The number of urea groups is 2. The molecule has 1 fully saturated rings. The second-order valence-electron chi connectivity index (χ2n) is 9.88. The average molecular weight is 547 g/mol. The number of hydrogen-bond acceptors (Lipinski definition) is 4. The third-order valence-corrected chi connectivity index (χ3v) is 6.22. The highest BCUT2D eigenvalue weighted by molar-refractivity contribution is 6.33. The van der Waals surface area contributed by atoms with Crippen molar-refractivity contribution in [2.45, 2.75) is 46.3 Å². The van der Waals surface area contributed by atoms with Gasteiger partial charge in [-0.2, -0.15) is 0 Å². The molecule has 2 aromatic carbocycles. The molecule has 0 radical (unpaired) electrons. The standard InChI is InChI=1S/C27H36ClFN6O3/c1-18(2)30-26(37)34-13-11-33(12-14-34)22-9-10-23(28)24(15-22)32-25(36)17-35(27(38)31-19(3)4)16-20-5-7-21(29)8-6-20/h5-10,15,18-19H,11-14,16-17H2,1-4H3,(H,30,37)(H,31,38)(H,32,36). The number of nitrogens with one attached hydrogen (secondary N) is 3. The molecule has 1 heterocycles. The van der Waals surface area contributed by atoms with Crippen molar-refractivity contribution in [2.24, 2.45) is 0 Å². The van der Waals surface area contributed by atoms with Gasteiger partial charge in [0, 0.05) is 50.5 Å². The maximum absolute atomic E-state index is 13.3. The van der Waals surface area contributed by atoms with E-state index >= 15 is 0 Å².